The van der Waals surface area contributed by atoms with E-state index in [2.05, 4.69) is 28.8 Å². The van der Waals surface area contributed by atoms with Crippen LogP contribution in [0.25, 0.3) is 0 Å². The average molecular weight is 489 g/mol. The molecule has 0 aliphatic carbocycles. The second-order valence-electron chi connectivity index (χ2n) is 6.95. The second-order valence-corrected chi connectivity index (χ2v) is 11.7. The monoisotopic (exact) mass is 488 g/mol. The number of anilines is 1. The van der Waals surface area contributed by atoms with E-state index in [0.29, 0.717) is 42.1 Å². The highest BCUT2D eigenvalue weighted by Gasteiger charge is 2.24. The minimum Gasteiger partial charge on any atom is -0.378 e. The molecular formula is C18H24N4O4S4. The fourth-order valence-electron chi connectivity index (χ4n) is 2.68. The van der Waals surface area contributed by atoms with Crippen LogP contribution in [0.5, 0.6) is 0 Å². The van der Waals surface area contributed by atoms with E-state index in [4.69, 9.17) is 4.74 Å². The van der Waals surface area contributed by atoms with Gasteiger partial charge in [0, 0.05) is 23.7 Å². The van der Waals surface area contributed by atoms with Crippen molar-refractivity contribution in [1.29, 1.82) is 0 Å². The third-order valence-electron chi connectivity index (χ3n) is 4.18. The third-order valence-corrected chi connectivity index (χ3v) is 8.84. The summed E-state index contributed by atoms with van der Waals surface area (Å²) in [6.45, 7) is 6.15. The normalized spacial score (nSPS) is 14.9. The summed E-state index contributed by atoms with van der Waals surface area (Å²) in [4.78, 5) is 15.4. The number of hydrogen-bond acceptors (Lipinski definition) is 9. The fourth-order valence-corrected chi connectivity index (χ4v) is 6.23. The number of ether oxygens (including phenoxy) is 1. The smallest absolute Gasteiger partial charge is 0.263 e. The van der Waals surface area contributed by atoms with Crippen molar-refractivity contribution >= 4 is 55.9 Å². The molecule has 0 atom stereocenters. The van der Waals surface area contributed by atoms with Gasteiger partial charge < -0.3 is 9.64 Å². The molecule has 2 aromatic rings. The van der Waals surface area contributed by atoms with Gasteiger partial charge in [-0.25, -0.2) is 8.42 Å². The maximum atomic E-state index is 13.0. The van der Waals surface area contributed by atoms with Gasteiger partial charge in [-0.3, -0.25) is 9.52 Å². The van der Waals surface area contributed by atoms with Gasteiger partial charge in [0.25, 0.3) is 15.9 Å². The predicted molar refractivity (Wildman–Crippen MR) is 121 cm³/mol. The number of nitrogens with zero attached hydrogens (tertiary/aromatic N) is 3. The summed E-state index contributed by atoms with van der Waals surface area (Å²) < 4.78 is 34.3. The van der Waals surface area contributed by atoms with Crippen LogP contribution in [0, 0.1) is 5.92 Å². The number of carbonyl (C=O) groups is 1. The number of carbonyl (C=O) groups excluding carboxylic acids is 1. The summed E-state index contributed by atoms with van der Waals surface area (Å²) in [7, 11) is -3.90. The molecule has 1 aliphatic rings. The first kappa shape index (κ1) is 23.3. The van der Waals surface area contributed by atoms with Gasteiger partial charge >= 0.3 is 0 Å². The molecule has 0 unspecified atom stereocenters. The fraction of sp³-hybridized carbons (Fsp3) is 0.500. The molecule has 0 saturated carbocycles. The van der Waals surface area contributed by atoms with Crippen LogP contribution >= 0.6 is 34.9 Å². The zero-order chi connectivity index (χ0) is 21.7. The van der Waals surface area contributed by atoms with Gasteiger partial charge in [0.15, 0.2) is 4.34 Å². The van der Waals surface area contributed by atoms with Crippen LogP contribution in [0.15, 0.2) is 32.3 Å². The summed E-state index contributed by atoms with van der Waals surface area (Å²) in [6.07, 6.45) is 1.86. The number of benzene rings is 1. The van der Waals surface area contributed by atoms with Crippen molar-refractivity contribution in [2.24, 2.45) is 5.92 Å². The van der Waals surface area contributed by atoms with E-state index >= 15 is 0 Å². The lowest BCUT2D eigenvalue weighted by Gasteiger charge is -2.27. The molecule has 1 aromatic heterocycles. The molecule has 0 radical (unpaired) electrons. The first-order valence-corrected chi connectivity index (χ1v) is 13.9. The molecule has 1 saturated heterocycles. The number of sulfonamides is 1. The number of thioether (sulfide) groups is 2. The van der Waals surface area contributed by atoms with Crippen molar-refractivity contribution in [3.8, 4) is 0 Å². The van der Waals surface area contributed by atoms with Crippen LogP contribution < -0.4 is 4.72 Å². The number of nitrogens with one attached hydrogen (secondary N) is 1. The predicted octanol–water partition coefficient (Wildman–Crippen LogP) is 3.28. The van der Waals surface area contributed by atoms with Crippen LogP contribution in [0.2, 0.25) is 0 Å². The highest BCUT2D eigenvalue weighted by Crippen LogP contribution is 2.30. The summed E-state index contributed by atoms with van der Waals surface area (Å²) in [5, 5.41) is 8.17. The molecule has 1 aromatic carbocycles. The van der Waals surface area contributed by atoms with Crippen LogP contribution in [0.4, 0.5) is 5.13 Å². The number of amides is 1. The topological polar surface area (TPSA) is 101 Å². The Bertz CT molecular complexity index is 988. The molecule has 1 N–H and O–H groups in total. The van der Waals surface area contributed by atoms with Gasteiger partial charge in [0.1, 0.15) is 0 Å². The van der Waals surface area contributed by atoms with Crippen LogP contribution in [-0.2, 0) is 14.8 Å². The Morgan fingerprint density at radius 1 is 1.30 bits per heavy atom. The quantitative estimate of drug-likeness (QED) is 0.565. The van der Waals surface area contributed by atoms with E-state index in [-0.39, 0.29) is 15.9 Å². The van der Waals surface area contributed by atoms with E-state index in [0.717, 1.165) is 10.6 Å². The van der Waals surface area contributed by atoms with Gasteiger partial charge in [0.05, 0.1) is 23.7 Å². The van der Waals surface area contributed by atoms with Crippen molar-refractivity contribution in [2.75, 3.05) is 43.0 Å². The Morgan fingerprint density at radius 3 is 2.70 bits per heavy atom. The van der Waals surface area contributed by atoms with E-state index in [1.165, 1.54) is 35.2 Å². The molecule has 3 rings (SSSR count). The average Bonchev–Trinajstić information content (AvgIpc) is 3.18. The van der Waals surface area contributed by atoms with Crippen molar-refractivity contribution < 1.29 is 17.9 Å². The van der Waals surface area contributed by atoms with Gasteiger partial charge in [-0.1, -0.05) is 36.9 Å². The minimum absolute atomic E-state index is 0.0171. The number of morpholine rings is 1. The highest BCUT2D eigenvalue weighted by atomic mass is 32.2. The standard InChI is InChI=1S/C18H24N4O4S4/c1-12(2)11-28-18-20-19-17(29-18)21-30(24,25)13-4-5-15(27-3)14(10-13)16(23)22-6-8-26-9-7-22/h4-5,10,12H,6-9,11H2,1-3H3,(H,19,21). The van der Waals surface area contributed by atoms with E-state index in [1.807, 2.05) is 6.26 Å². The first-order chi connectivity index (χ1) is 14.3. The zero-order valence-electron chi connectivity index (χ0n) is 17.0. The number of aromatic nitrogens is 2. The maximum Gasteiger partial charge on any atom is 0.263 e. The Morgan fingerprint density at radius 2 is 2.03 bits per heavy atom. The van der Waals surface area contributed by atoms with Crippen molar-refractivity contribution in [3.05, 3.63) is 23.8 Å². The molecule has 0 bridgehead atoms. The van der Waals surface area contributed by atoms with Crippen molar-refractivity contribution in [2.45, 2.75) is 28.0 Å². The summed E-state index contributed by atoms with van der Waals surface area (Å²) in [5.74, 6) is 1.18. The van der Waals surface area contributed by atoms with E-state index in [1.54, 1.807) is 22.7 Å². The third kappa shape index (κ3) is 5.88. The molecule has 8 nitrogen and oxygen atoms in total. The largest absolute Gasteiger partial charge is 0.378 e. The Labute approximate surface area is 189 Å². The lowest BCUT2D eigenvalue weighted by atomic mass is 10.2. The SMILES string of the molecule is CSc1ccc(S(=O)(=O)Nc2nnc(SCC(C)C)s2)cc1C(=O)N1CCOCC1. The van der Waals surface area contributed by atoms with Crippen molar-refractivity contribution in [1.82, 2.24) is 15.1 Å². The number of rotatable bonds is 8. The molecule has 164 valence electrons. The molecule has 12 heteroatoms. The summed E-state index contributed by atoms with van der Waals surface area (Å²) >= 11 is 4.14. The van der Waals surface area contributed by atoms with E-state index in [9.17, 15) is 13.2 Å². The highest BCUT2D eigenvalue weighted by molar-refractivity contribution is 8.01. The van der Waals surface area contributed by atoms with Gasteiger partial charge in [-0.05, 0) is 30.4 Å². The van der Waals surface area contributed by atoms with Gasteiger partial charge in [0.2, 0.25) is 5.13 Å². The lowest BCUT2D eigenvalue weighted by molar-refractivity contribution is 0.0300. The molecule has 1 aliphatic heterocycles. The van der Waals surface area contributed by atoms with Crippen LogP contribution in [-0.4, -0.2) is 67.7 Å². The van der Waals surface area contributed by atoms with Crippen molar-refractivity contribution in [3.63, 3.8) is 0 Å². The Hall–Kier alpha value is -1.34. The first-order valence-electron chi connectivity index (χ1n) is 9.34. The molecule has 0 spiro atoms. The zero-order valence-corrected chi connectivity index (χ0v) is 20.2. The Balaban J connectivity index is 1.81. The number of hydrogen-bond donors (Lipinski definition) is 1. The minimum atomic E-state index is -3.90. The lowest BCUT2D eigenvalue weighted by Crippen LogP contribution is -2.40. The summed E-state index contributed by atoms with van der Waals surface area (Å²) in [6, 6.07) is 4.60. The second kappa shape index (κ2) is 10.3. The molecular weight excluding hydrogens is 464 g/mol. The molecule has 30 heavy (non-hydrogen) atoms. The summed E-state index contributed by atoms with van der Waals surface area (Å²) in [5.41, 5.74) is 0.373. The van der Waals surface area contributed by atoms with Gasteiger partial charge in [-0.15, -0.1) is 22.0 Å². The molecule has 2 heterocycles. The van der Waals surface area contributed by atoms with Gasteiger partial charge in [-0.2, -0.15) is 0 Å². The Kier molecular flexibility index (Phi) is 8.02. The molecule has 1 amide bonds. The maximum absolute atomic E-state index is 13.0. The van der Waals surface area contributed by atoms with E-state index < -0.39 is 10.0 Å². The van der Waals surface area contributed by atoms with Crippen LogP contribution in [0.3, 0.4) is 0 Å². The molecule has 1 fully saturated rings. The van der Waals surface area contributed by atoms with Crippen LogP contribution in [0.1, 0.15) is 24.2 Å².